The van der Waals surface area contributed by atoms with Crippen molar-refractivity contribution in [1.82, 2.24) is 4.98 Å². The first-order valence-corrected chi connectivity index (χ1v) is 14.0. The van der Waals surface area contributed by atoms with Gasteiger partial charge >= 0.3 is 5.97 Å². The second-order valence-corrected chi connectivity index (χ2v) is 9.36. The fraction of sp³-hybridized carbons (Fsp3) is 0.548. The first-order chi connectivity index (χ1) is 18.3. The van der Waals surface area contributed by atoms with Crippen molar-refractivity contribution >= 4 is 11.5 Å². The zero-order valence-electron chi connectivity index (χ0n) is 22.4. The van der Waals surface area contributed by atoms with Crippen LogP contribution in [-0.4, -0.2) is 43.7 Å². The van der Waals surface area contributed by atoms with Crippen molar-refractivity contribution in [3.63, 3.8) is 0 Å². The molecule has 1 fully saturated rings. The number of unbranched alkanes of at least 4 members (excludes halogenated alkanes) is 5. The van der Waals surface area contributed by atoms with E-state index in [0.717, 1.165) is 100 Å². The SMILES string of the molecule is CCOC(=O)CCCC/C=C(\c1ccc(OCCCCCCOC2CCCCO2)cc1)c1cccnc1. The number of carbonyl (C=O) groups excluding carboxylic acids is 1. The average molecular weight is 510 g/mol. The molecule has 1 aliphatic heterocycles. The smallest absolute Gasteiger partial charge is 0.305 e. The van der Waals surface area contributed by atoms with Gasteiger partial charge in [0.15, 0.2) is 6.29 Å². The molecule has 2 aromatic rings. The number of pyridine rings is 1. The van der Waals surface area contributed by atoms with Crippen LogP contribution >= 0.6 is 0 Å². The van der Waals surface area contributed by atoms with Crippen LogP contribution in [-0.2, 0) is 19.0 Å². The van der Waals surface area contributed by atoms with Crippen LogP contribution in [0.4, 0.5) is 0 Å². The number of rotatable bonds is 17. The predicted molar refractivity (Wildman–Crippen MR) is 146 cm³/mol. The Bertz CT molecular complexity index is 907. The highest BCUT2D eigenvalue weighted by Crippen LogP contribution is 2.26. The summed E-state index contributed by atoms with van der Waals surface area (Å²) in [5, 5.41) is 0. The monoisotopic (exact) mass is 509 g/mol. The molecule has 0 bridgehead atoms. The summed E-state index contributed by atoms with van der Waals surface area (Å²) in [5.74, 6) is 0.773. The van der Waals surface area contributed by atoms with E-state index in [9.17, 15) is 4.79 Å². The molecule has 6 heteroatoms. The summed E-state index contributed by atoms with van der Waals surface area (Å²) in [5.41, 5.74) is 3.37. The van der Waals surface area contributed by atoms with E-state index in [1.54, 1.807) is 6.20 Å². The number of nitrogens with zero attached hydrogens (tertiary/aromatic N) is 1. The Morgan fingerprint density at radius 3 is 2.57 bits per heavy atom. The number of benzene rings is 1. The van der Waals surface area contributed by atoms with E-state index in [1.807, 2.05) is 31.3 Å². The summed E-state index contributed by atoms with van der Waals surface area (Å²) in [6.07, 6.45) is 16.8. The highest BCUT2D eigenvalue weighted by atomic mass is 16.7. The molecule has 0 aliphatic carbocycles. The lowest BCUT2D eigenvalue weighted by Gasteiger charge is -2.22. The van der Waals surface area contributed by atoms with Crippen LogP contribution in [0.3, 0.4) is 0 Å². The first-order valence-electron chi connectivity index (χ1n) is 14.0. The summed E-state index contributed by atoms with van der Waals surface area (Å²) in [7, 11) is 0. The van der Waals surface area contributed by atoms with Gasteiger partial charge < -0.3 is 18.9 Å². The van der Waals surface area contributed by atoms with Crippen LogP contribution in [0.1, 0.15) is 88.7 Å². The second-order valence-electron chi connectivity index (χ2n) is 9.36. The quantitative estimate of drug-likeness (QED) is 0.167. The van der Waals surface area contributed by atoms with Crippen molar-refractivity contribution in [3.8, 4) is 5.75 Å². The van der Waals surface area contributed by atoms with Crippen LogP contribution in [0.15, 0.2) is 54.9 Å². The number of ether oxygens (including phenoxy) is 4. The third-order valence-corrected chi connectivity index (χ3v) is 6.38. The summed E-state index contributed by atoms with van der Waals surface area (Å²) in [6, 6.07) is 12.3. The van der Waals surface area contributed by atoms with Crippen molar-refractivity contribution < 1.29 is 23.7 Å². The third-order valence-electron chi connectivity index (χ3n) is 6.38. The van der Waals surface area contributed by atoms with Crippen LogP contribution in [0, 0.1) is 0 Å². The van der Waals surface area contributed by atoms with Crippen LogP contribution in [0.25, 0.3) is 5.57 Å². The summed E-state index contributed by atoms with van der Waals surface area (Å²) < 4.78 is 22.4. The molecule has 0 saturated carbocycles. The molecule has 1 aromatic carbocycles. The Morgan fingerprint density at radius 2 is 1.84 bits per heavy atom. The molecule has 1 aromatic heterocycles. The van der Waals surface area contributed by atoms with Gasteiger partial charge in [0.1, 0.15) is 5.75 Å². The Labute approximate surface area is 222 Å². The minimum absolute atomic E-state index is 0.0184. The summed E-state index contributed by atoms with van der Waals surface area (Å²) in [6.45, 7) is 4.62. The van der Waals surface area contributed by atoms with Crippen molar-refractivity contribution in [3.05, 3.63) is 66.0 Å². The number of esters is 1. The highest BCUT2D eigenvalue weighted by Gasteiger charge is 2.13. The fourth-order valence-electron chi connectivity index (χ4n) is 4.35. The normalized spacial score (nSPS) is 15.9. The lowest BCUT2D eigenvalue weighted by molar-refractivity contribution is -0.162. The van der Waals surface area contributed by atoms with Gasteiger partial charge in [-0.3, -0.25) is 9.78 Å². The number of allylic oxidation sites excluding steroid dienone is 1. The highest BCUT2D eigenvalue weighted by molar-refractivity contribution is 5.79. The molecule has 0 N–H and O–H groups in total. The lowest BCUT2D eigenvalue weighted by Crippen LogP contribution is -2.22. The maximum atomic E-state index is 11.6. The van der Waals surface area contributed by atoms with Crippen molar-refractivity contribution in [2.45, 2.75) is 83.8 Å². The first kappa shape index (κ1) is 28.9. The molecule has 0 radical (unpaired) electrons. The Balaban J connectivity index is 1.38. The van der Waals surface area contributed by atoms with Gasteiger partial charge in [-0.15, -0.1) is 0 Å². The summed E-state index contributed by atoms with van der Waals surface area (Å²) in [4.78, 5) is 15.9. The third kappa shape index (κ3) is 11.5. The topological polar surface area (TPSA) is 66.9 Å². The van der Waals surface area contributed by atoms with Crippen LogP contribution in [0.2, 0.25) is 0 Å². The molecular weight excluding hydrogens is 466 g/mol. The molecule has 1 unspecified atom stereocenters. The average Bonchev–Trinajstić information content (AvgIpc) is 2.94. The summed E-state index contributed by atoms with van der Waals surface area (Å²) >= 11 is 0. The molecule has 1 atom stereocenters. The predicted octanol–water partition coefficient (Wildman–Crippen LogP) is 7.12. The number of hydrogen-bond acceptors (Lipinski definition) is 6. The van der Waals surface area contributed by atoms with E-state index in [0.29, 0.717) is 13.0 Å². The number of carbonyl (C=O) groups is 1. The molecule has 2 heterocycles. The fourth-order valence-corrected chi connectivity index (χ4v) is 4.35. The molecule has 0 amide bonds. The van der Waals surface area contributed by atoms with Gasteiger partial charge in [-0.2, -0.15) is 0 Å². The van der Waals surface area contributed by atoms with Gasteiger partial charge in [-0.05, 0) is 94.0 Å². The van der Waals surface area contributed by atoms with E-state index in [-0.39, 0.29) is 12.3 Å². The molecule has 202 valence electrons. The van der Waals surface area contributed by atoms with Gasteiger partial charge in [0, 0.05) is 37.6 Å². The maximum absolute atomic E-state index is 11.6. The van der Waals surface area contributed by atoms with Gasteiger partial charge in [-0.25, -0.2) is 0 Å². The van der Waals surface area contributed by atoms with Gasteiger partial charge in [0.25, 0.3) is 0 Å². The van der Waals surface area contributed by atoms with Crippen molar-refractivity contribution in [1.29, 1.82) is 0 Å². The maximum Gasteiger partial charge on any atom is 0.305 e. The zero-order valence-corrected chi connectivity index (χ0v) is 22.4. The Kier molecular flexibility index (Phi) is 13.8. The number of aromatic nitrogens is 1. The van der Waals surface area contributed by atoms with E-state index in [1.165, 1.54) is 6.42 Å². The molecule has 6 nitrogen and oxygen atoms in total. The standard InChI is InChI=1S/C31H43NO5/c1-2-34-30(33)15-7-5-6-14-29(27-13-12-21-32-25-27)26-17-19-28(20-18-26)35-22-9-3-4-10-23-36-31-16-8-11-24-37-31/h12-14,17-21,25,31H,2-11,15-16,22-24H2,1H3/b29-14+. The lowest BCUT2D eigenvalue weighted by atomic mass is 9.97. The minimum atomic E-state index is -0.117. The molecular formula is C31H43NO5. The second kappa shape index (κ2) is 17.7. The molecule has 1 aliphatic rings. The van der Waals surface area contributed by atoms with Gasteiger partial charge in [0.05, 0.1) is 13.2 Å². The minimum Gasteiger partial charge on any atom is -0.494 e. The number of hydrogen-bond donors (Lipinski definition) is 0. The Morgan fingerprint density at radius 1 is 1.00 bits per heavy atom. The van der Waals surface area contributed by atoms with E-state index in [4.69, 9.17) is 18.9 Å². The largest absolute Gasteiger partial charge is 0.494 e. The van der Waals surface area contributed by atoms with E-state index >= 15 is 0 Å². The van der Waals surface area contributed by atoms with Gasteiger partial charge in [-0.1, -0.05) is 30.7 Å². The molecule has 1 saturated heterocycles. The van der Waals surface area contributed by atoms with Gasteiger partial charge in [0.2, 0.25) is 0 Å². The van der Waals surface area contributed by atoms with Crippen molar-refractivity contribution in [2.24, 2.45) is 0 Å². The van der Waals surface area contributed by atoms with Crippen molar-refractivity contribution in [2.75, 3.05) is 26.4 Å². The van der Waals surface area contributed by atoms with E-state index in [2.05, 4.69) is 29.3 Å². The zero-order chi connectivity index (χ0) is 26.0. The van der Waals surface area contributed by atoms with Crippen LogP contribution < -0.4 is 4.74 Å². The molecule has 37 heavy (non-hydrogen) atoms. The molecule has 3 rings (SSSR count). The molecule has 0 spiro atoms. The Hall–Kier alpha value is -2.70. The van der Waals surface area contributed by atoms with Crippen LogP contribution in [0.5, 0.6) is 5.75 Å². The van der Waals surface area contributed by atoms with E-state index < -0.39 is 0 Å².